The van der Waals surface area contributed by atoms with Crippen LogP contribution >= 0.6 is 0 Å². The second-order valence-corrected chi connectivity index (χ2v) is 9.09. The van der Waals surface area contributed by atoms with E-state index in [9.17, 15) is 4.79 Å². The van der Waals surface area contributed by atoms with Gasteiger partial charge in [0.05, 0.1) is 37.8 Å². The van der Waals surface area contributed by atoms with Crippen molar-refractivity contribution >= 4 is 23.0 Å². The molecule has 5 rings (SSSR count). The van der Waals surface area contributed by atoms with Gasteiger partial charge in [0.15, 0.2) is 0 Å². The molecule has 6 nitrogen and oxygen atoms in total. The third kappa shape index (κ3) is 4.24. The molecule has 0 aromatic heterocycles. The van der Waals surface area contributed by atoms with E-state index in [1.165, 1.54) is 31.4 Å². The van der Waals surface area contributed by atoms with Crippen molar-refractivity contribution in [3.8, 4) is 0 Å². The summed E-state index contributed by atoms with van der Waals surface area (Å²) >= 11 is 0. The number of amides is 1. The lowest BCUT2D eigenvalue weighted by Gasteiger charge is -2.33. The fraction of sp³-hybridized carbons (Fsp3) is 0.696. The Hall–Kier alpha value is -1.79. The minimum absolute atomic E-state index is 0.177. The number of nitrogens with one attached hydrogen (secondary N) is 1. The normalized spacial score (nSPS) is 29.3. The summed E-state index contributed by atoms with van der Waals surface area (Å²) in [5.41, 5.74) is 3.27. The maximum absolute atomic E-state index is 12.9. The molecule has 2 saturated carbocycles. The lowest BCUT2D eigenvalue weighted by atomic mass is 9.86. The molecule has 29 heavy (non-hydrogen) atoms. The molecule has 2 heterocycles. The number of morpholine rings is 2. The second-order valence-electron chi connectivity index (χ2n) is 9.09. The van der Waals surface area contributed by atoms with Crippen molar-refractivity contribution in [1.82, 2.24) is 0 Å². The highest BCUT2D eigenvalue weighted by Crippen LogP contribution is 2.49. The molecule has 2 saturated heterocycles. The van der Waals surface area contributed by atoms with E-state index < -0.39 is 0 Å². The molecule has 4 aliphatic rings. The number of benzene rings is 1. The van der Waals surface area contributed by atoms with Crippen molar-refractivity contribution < 1.29 is 14.3 Å². The van der Waals surface area contributed by atoms with Crippen LogP contribution in [0.15, 0.2) is 18.2 Å². The first-order valence-electron chi connectivity index (χ1n) is 11.4. The summed E-state index contributed by atoms with van der Waals surface area (Å²) in [4.78, 5) is 17.6. The van der Waals surface area contributed by atoms with E-state index in [0.29, 0.717) is 12.3 Å². The zero-order valence-corrected chi connectivity index (χ0v) is 17.3. The summed E-state index contributed by atoms with van der Waals surface area (Å²) in [6.45, 7) is 6.57. The zero-order chi connectivity index (χ0) is 19.6. The van der Waals surface area contributed by atoms with Crippen LogP contribution in [-0.4, -0.2) is 58.5 Å². The van der Waals surface area contributed by atoms with Crippen molar-refractivity contribution in [2.24, 2.45) is 17.8 Å². The number of hydrogen-bond acceptors (Lipinski definition) is 5. The molecule has 0 spiro atoms. The van der Waals surface area contributed by atoms with Crippen molar-refractivity contribution in [3.63, 3.8) is 0 Å². The average Bonchev–Trinajstić information content (AvgIpc) is 3.38. The van der Waals surface area contributed by atoms with Gasteiger partial charge in [-0.1, -0.05) is 6.42 Å². The maximum Gasteiger partial charge on any atom is 0.224 e. The van der Waals surface area contributed by atoms with Crippen LogP contribution in [-0.2, 0) is 14.3 Å². The van der Waals surface area contributed by atoms with Gasteiger partial charge in [0.2, 0.25) is 5.91 Å². The highest BCUT2D eigenvalue weighted by molar-refractivity contribution is 5.95. The minimum atomic E-state index is 0.177. The van der Waals surface area contributed by atoms with Gasteiger partial charge < -0.3 is 24.6 Å². The average molecular weight is 400 g/mol. The summed E-state index contributed by atoms with van der Waals surface area (Å²) in [5.74, 6) is 2.44. The van der Waals surface area contributed by atoms with Gasteiger partial charge in [-0.15, -0.1) is 0 Å². The van der Waals surface area contributed by atoms with Gasteiger partial charge in [0.25, 0.3) is 0 Å². The molecule has 6 heteroatoms. The predicted molar refractivity (Wildman–Crippen MR) is 115 cm³/mol. The fourth-order valence-corrected chi connectivity index (χ4v) is 5.78. The molecule has 158 valence electrons. The molecule has 2 aliphatic heterocycles. The van der Waals surface area contributed by atoms with Gasteiger partial charge in [-0.25, -0.2) is 0 Å². The number of fused-ring (bicyclic) bond motifs is 2. The number of rotatable bonds is 5. The number of nitrogens with zero attached hydrogens (tertiary/aromatic N) is 2. The van der Waals surface area contributed by atoms with Crippen LogP contribution in [0, 0.1) is 17.8 Å². The third-order valence-electron chi connectivity index (χ3n) is 7.32. The summed E-state index contributed by atoms with van der Waals surface area (Å²) in [6, 6.07) is 6.47. The number of carbonyl (C=O) groups excluding carboxylic acids is 1. The van der Waals surface area contributed by atoms with Crippen LogP contribution in [0.25, 0.3) is 0 Å². The first-order chi connectivity index (χ1) is 14.3. The van der Waals surface area contributed by atoms with Crippen molar-refractivity contribution in [1.29, 1.82) is 0 Å². The van der Waals surface area contributed by atoms with Crippen molar-refractivity contribution in [2.75, 3.05) is 67.7 Å². The minimum Gasteiger partial charge on any atom is -0.378 e. The van der Waals surface area contributed by atoms with Gasteiger partial charge in [-0.3, -0.25) is 4.79 Å². The van der Waals surface area contributed by atoms with Crippen LogP contribution in [0.3, 0.4) is 0 Å². The Morgan fingerprint density at radius 3 is 2.34 bits per heavy atom. The molecule has 1 N–H and O–H groups in total. The van der Waals surface area contributed by atoms with Gasteiger partial charge in [-0.2, -0.15) is 0 Å². The van der Waals surface area contributed by atoms with E-state index in [0.717, 1.165) is 75.8 Å². The van der Waals surface area contributed by atoms with E-state index in [-0.39, 0.29) is 5.91 Å². The van der Waals surface area contributed by atoms with Gasteiger partial charge >= 0.3 is 0 Å². The largest absolute Gasteiger partial charge is 0.378 e. The predicted octanol–water partition coefficient (Wildman–Crippen LogP) is 3.12. The van der Waals surface area contributed by atoms with E-state index in [1.54, 1.807) is 0 Å². The lowest BCUT2D eigenvalue weighted by Crippen LogP contribution is -2.38. The topological polar surface area (TPSA) is 54.0 Å². The molecular weight excluding hydrogens is 366 g/mol. The molecule has 4 fully saturated rings. The van der Waals surface area contributed by atoms with Crippen LogP contribution in [0.5, 0.6) is 0 Å². The Labute approximate surface area is 173 Å². The Kier molecular flexibility index (Phi) is 5.64. The fourth-order valence-electron chi connectivity index (χ4n) is 5.78. The number of ether oxygens (including phenoxy) is 2. The number of anilines is 3. The first kappa shape index (κ1) is 19.2. The zero-order valence-electron chi connectivity index (χ0n) is 17.3. The highest BCUT2D eigenvalue weighted by atomic mass is 16.5. The molecule has 2 aliphatic carbocycles. The van der Waals surface area contributed by atoms with Gasteiger partial charge in [0.1, 0.15) is 0 Å². The van der Waals surface area contributed by atoms with E-state index in [4.69, 9.17) is 9.47 Å². The summed E-state index contributed by atoms with van der Waals surface area (Å²) < 4.78 is 11.1. The molecule has 3 atom stereocenters. The Morgan fingerprint density at radius 2 is 1.69 bits per heavy atom. The Balaban J connectivity index is 1.32. The smallest absolute Gasteiger partial charge is 0.224 e. The van der Waals surface area contributed by atoms with Crippen LogP contribution in [0.2, 0.25) is 0 Å². The molecule has 3 unspecified atom stereocenters. The van der Waals surface area contributed by atoms with Gasteiger partial charge in [0, 0.05) is 38.3 Å². The summed E-state index contributed by atoms with van der Waals surface area (Å²) in [7, 11) is 0. The summed E-state index contributed by atoms with van der Waals surface area (Å²) in [6.07, 6.45) is 5.99. The summed E-state index contributed by atoms with van der Waals surface area (Å²) in [5, 5.41) is 3.26. The standard InChI is InChI=1S/C23H33N3O3/c27-23(15-19-14-17-1-2-18(19)13-17)24-21-4-3-20(25-5-9-28-10-6-25)16-22(21)26-7-11-29-12-8-26/h3-4,16-19H,1-2,5-15H2,(H,24,27). The molecule has 1 amide bonds. The van der Waals surface area contributed by atoms with E-state index >= 15 is 0 Å². The van der Waals surface area contributed by atoms with Crippen LogP contribution in [0.4, 0.5) is 17.1 Å². The Morgan fingerprint density at radius 1 is 0.966 bits per heavy atom. The highest BCUT2D eigenvalue weighted by Gasteiger charge is 2.40. The van der Waals surface area contributed by atoms with Crippen molar-refractivity contribution in [2.45, 2.75) is 32.1 Å². The van der Waals surface area contributed by atoms with E-state index in [2.05, 4.69) is 33.3 Å². The number of carbonyl (C=O) groups is 1. The Bertz CT molecular complexity index is 728. The molecule has 0 radical (unpaired) electrons. The monoisotopic (exact) mass is 399 g/mol. The van der Waals surface area contributed by atoms with Crippen molar-refractivity contribution in [3.05, 3.63) is 18.2 Å². The molecule has 1 aromatic rings. The molecular formula is C23H33N3O3. The number of hydrogen-bond donors (Lipinski definition) is 1. The van der Waals surface area contributed by atoms with Crippen LogP contribution in [0.1, 0.15) is 32.1 Å². The SMILES string of the molecule is O=C(CC1CC2CCC1C2)Nc1ccc(N2CCOCC2)cc1N1CCOCC1. The van der Waals surface area contributed by atoms with Gasteiger partial charge in [-0.05, 0) is 55.2 Å². The first-order valence-corrected chi connectivity index (χ1v) is 11.4. The molecule has 1 aromatic carbocycles. The molecule has 2 bridgehead atoms. The lowest BCUT2D eigenvalue weighted by molar-refractivity contribution is -0.117. The maximum atomic E-state index is 12.9. The van der Waals surface area contributed by atoms with Crippen LogP contribution < -0.4 is 15.1 Å². The second kappa shape index (κ2) is 8.52. The quantitative estimate of drug-likeness (QED) is 0.825. The third-order valence-corrected chi connectivity index (χ3v) is 7.32. The van der Waals surface area contributed by atoms with E-state index in [1.807, 2.05) is 0 Å².